The lowest BCUT2D eigenvalue weighted by Gasteiger charge is -2.38. The molecule has 2 radical (unpaired) electrons. The van der Waals surface area contributed by atoms with Gasteiger partial charge in [-0.15, -0.1) is 0 Å². The summed E-state index contributed by atoms with van der Waals surface area (Å²) in [6.07, 6.45) is -8.95. The fourth-order valence-electron chi connectivity index (χ4n) is 2.87. The average Bonchev–Trinajstić information content (AvgIpc) is 2.78. The molecule has 1 saturated heterocycles. The molecule has 0 spiro atoms. The van der Waals surface area contributed by atoms with Gasteiger partial charge in [0, 0.05) is 18.0 Å². The van der Waals surface area contributed by atoms with E-state index in [-0.39, 0.29) is 31.0 Å². The number of nitrogens with zero attached hydrogens (tertiary/aromatic N) is 3. The summed E-state index contributed by atoms with van der Waals surface area (Å²) in [6.45, 7) is 0.0146. The Bertz CT molecular complexity index is 925. The lowest BCUT2D eigenvalue weighted by Crippen LogP contribution is -2.61. The van der Waals surface area contributed by atoms with Crippen LogP contribution in [-0.4, -0.2) is 89.8 Å². The summed E-state index contributed by atoms with van der Waals surface area (Å²) in [5.41, 5.74) is 8.53. The highest BCUT2D eigenvalue weighted by molar-refractivity contribution is 6.55. The van der Waals surface area contributed by atoms with Crippen molar-refractivity contribution < 1.29 is 49.0 Å². The number of azide groups is 1. The molecule has 2 rings (SSSR count). The third kappa shape index (κ3) is 7.07. The first-order valence-corrected chi connectivity index (χ1v) is 9.59. The van der Waals surface area contributed by atoms with Gasteiger partial charge in [0.2, 0.25) is 20.0 Å². The van der Waals surface area contributed by atoms with E-state index in [1.807, 2.05) is 0 Å². The molecule has 176 valence electrons. The molecule has 0 bridgehead atoms. The van der Waals surface area contributed by atoms with Crippen LogP contribution in [0.25, 0.3) is 10.4 Å². The van der Waals surface area contributed by atoms with Crippen LogP contribution in [0, 0.1) is 0 Å². The van der Waals surface area contributed by atoms with Gasteiger partial charge in [-0.05, 0) is 29.6 Å². The number of rotatable bonds is 10. The van der Waals surface area contributed by atoms with Gasteiger partial charge in [-0.25, -0.2) is 4.79 Å². The lowest BCUT2D eigenvalue weighted by atomic mass is 9.99. The first kappa shape index (κ1) is 25.9. The molecule has 5 atom stereocenters. The summed E-state index contributed by atoms with van der Waals surface area (Å²) < 4.78 is 15.2. The molecule has 1 aromatic rings. The Kier molecular flexibility index (Phi) is 9.45. The van der Waals surface area contributed by atoms with E-state index < -0.39 is 48.5 Å². The van der Waals surface area contributed by atoms with Gasteiger partial charge in [0.15, 0.2) is 6.10 Å². The molecular formula is C18H21BN4O10. The minimum atomic E-state index is -1.91. The molecule has 33 heavy (non-hydrogen) atoms. The summed E-state index contributed by atoms with van der Waals surface area (Å²) in [5.74, 6) is -3.46. The highest BCUT2D eigenvalue weighted by Gasteiger charge is 2.48. The topological polar surface area (TPSA) is 221 Å². The molecule has 14 nitrogen and oxygen atoms in total. The molecular weight excluding hydrogens is 443 g/mol. The number of carbonyl (C=O) groups excluding carboxylic acids is 2. The summed E-state index contributed by atoms with van der Waals surface area (Å²) in [4.78, 5) is 37.4. The maximum atomic E-state index is 12.7. The van der Waals surface area contributed by atoms with Gasteiger partial charge in [-0.1, -0.05) is 11.2 Å². The first-order chi connectivity index (χ1) is 15.6. The van der Waals surface area contributed by atoms with E-state index in [4.69, 9.17) is 32.7 Å². The predicted molar refractivity (Wildman–Crippen MR) is 108 cm³/mol. The van der Waals surface area contributed by atoms with Crippen molar-refractivity contribution in [2.24, 2.45) is 5.11 Å². The van der Waals surface area contributed by atoms with Crippen molar-refractivity contribution >= 4 is 25.6 Å². The Morgan fingerprint density at radius 1 is 1.21 bits per heavy atom. The predicted octanol–water partition coefficient (Wildman–Crippen LogP) is -0.807. The fourth-order valence-corrected chi connectivity index (χ4v) is 2.87. The van der Waals surface area contributed by atoms with Gasteiger partial charge in [-0.3, -0.25) is 9.59 Å². The largest absolute Gasteiger partial charge is 0.479 e. The number of aliphatic carboxylic acids is 1. The second kappa shape index (κ2) is 12.0. The van der Waals surface area contributed by atoms with E-state index in [1.165, 1.54) is 18.2 Å². The Balaban J connectivity index is 2.26. The Labute approximate surface area is 188 Å². The molecule has 1 amide bonds. The number of hydrogen-bond acceptors (Lipinski definition) is 10. The van der Waals surface area contributed by atoms with Crippen LogP contribution in [0.15, 0.2) is 23.3 Å². The zero-order chi connectivity index (χ0) is 24.5. The number of carbonyl (C=O) groups is 3. The van der Waals surface area contributed by atoms with Crippen LogP contribution in [0.2, 0.25) is 0 Å². The molecule has 5 N–H and O–H groups in total. The number of aliphatic hydroxyl groups excluding tert-OH is 3. The van der Waals surface area contributed by atoms with Crippen LogP contribution in [0.4, 0.5) is 4.79 Å². The van der Waals surface area contributed by atoms with E-state index in [0.717, 1.165) is 0 Å². The standard InChI is InChI=1S/C18H21BN4O10/c19-18(30)31-7-8-2-3-10(9(6-8)15(27)21-4-1-5-22-23-20)32-17-13(26)11(24)12(25)14(33-17)16(28)29/h2-3,6,11-14,17,24-26H,1,4-5,7H2,(H,21,27)(H,28,29)/t11-,12-,13+,14-,17+/m0/s1. The van der Waals surface area contributed by atoms with Crippen molar-refractivity contribution in [2.45, 2.75) is 43.7 Å². The minimum absolute atomic E-state index is 0.104. The van der Waals surface area contributed by atoms with Gasteiger partial charge in [0.1, 0.15) is 30.7 Å². The fraction of sp³-hybridized carbons (Fsp3) is 0.500. The van der Waals surface area contributed by atoms with Crippen LogP contribution in [0.1, 0.15) is 22.3 Å². The number of carboxylic acids is 1. The van der Waals surface area contributed by atoms with Crippen LogP contribution in [-0.2, 0) is 20.9 Å². The molecule has 15 heteroatoms. The van der Waals surface area contributed by atoms with Gasteiger partial charge in [-0.2, -0.15) is 0 Å². The smallest absolute Gasteiger partial charge is 0.335 e. The van der Waals surface area contributed by atoms with E-state index in [0.29, 0.717) is 12.0 Å². The molecule has 0 saturated carbocycles. The number of ether oxygens (including phenoxy) is 3. The molecule has 1 heterocycles. The van der Waals surface area contributed by atoms with Crippen LogP contribution >= 0.6 is 0 Å². The first-order valence-electron chi connectivity index (χ1n) is 9.59. The molecule has 0 aliphatic carbocycles. The summed E-state index contributed by atoms with van der Waals surface area (Å²) in [6, 6.07) is 3.99. The van der Waals surface area contributed by atoms with Crippen molar-refractivity contribution in [1.82, 2.24) is 5.32 Å². The molecule has 0 unspecified atom stereocenters. The second-order valence-electron chi connectivity index (χ2n) is 6.86. The molecule has 1 aliphatic rings. The van der Waals surface area contributed by atoms with Crippen molar-refractivity contribution in [3.63, 3.8) is 0 Å². The summed E-state index contributed by atoms with van der Waals surface area (Å²) >= 11 is 0. The highest BCUT2D eigenvalue weighted by atomic mass is 16.7. The maximum Gasteiger partial charge on any atom is 0.335 e. The van der Waals surface area contributed by atoms with Crippen LogP contribution in [0.5, 0.6) is 5.75 Å². The van der Waals surface area contributed by atoms with E-state index in [9.17, 15) is 29.7 Å². The van der Waals surface area contributed by atoms with E-state index in [1.54, 1.807) is 0 Å². The second-order valence-corrected chi connectivity index (χ2v) is 6.86. The van der Waals surface area contributed by atoms with Gasteiger partial charge >= 0.3 is 5.97 Å². The average molecular weight is 464 g/mol. The number of aliphatic hydroxyl groups is 3. The Morgan fingerprint density at radius 3 is 2.58 bits per heavy atom. The Morgan fingerprint density at radius 2 is 1.94 bits per heavy atom. The van der Waals surface area contributed by atoms with Crippen molar-refractivity contribution in [3.8, 4) is 5.75 Å². The quantitative estimate of drug-likeness (QED) is 0.0953. The minimum Gasteiger partial charge on any atom is -0.479 e. The molecule has 0 aromatic heterocycles. The number of nitrogens with one attached hydrogen (secondary N) is 1. The molecule has 1 aromatic carbocycles. The lowest BCUT2D eigenvalue weighted by molar-refractivity contribution is -0.271. The van der Waals surface area contributed by atoms with Crippen LogP contribution < -0.4 is 10.1 Å². The highest BCUT2D eigenvalue weighted by Crippen LogP contribution is 2.28. The van der Waals surface area contributed by atoms with Crippen molar-refractivity contribution in [1.29, 1.82) is 0 Å². The van der Waals surface area contributed by atoms with E-state index in [2.05, 4.69) is 15.3 Å². The number of hydrogen-bond donors (Lipinski definition) is 5. The van der Waals surface area contributed by atoms with E-state index >= 15 is 0 Å². The monoisotopic (exact) mass is 464 g/mol. The van der Waals surface area contributed by atoms with Gasteiger partial charge in [0.25, 0.3) is 5.91 Å². The number of amides is 1. The van der Waals surface area contributed by atoms with Gasteiger partial charge in [0.05, 0.1) is 5.56 Å². The normalized spacial score (nSPS) is 24.3. The third-order valence-corrected chi connectivity index (χ3v) is 4.51. The number of carboxylic acid groups (broad SMARTS) is 1. The SMILES string of the molecule is [B]C(=O)OCc1ccc(O[C@@H]2O[C@H](C(=O)O)[C@@H](O)[C@H](O)[C@H]2O)c(C(=O)NCCCN=[N+]=[N-])c1. The maximum absolute atomic E-state index is 12.7. The zero-order valence-electron chi connectivity index (χ0n) is 17.1. The van der Waals surface area contributed by atoms with Crippen molar-refractivity contribution in [2.75, 3.05) is 13.1 Å². The van der Waals surface area contributed by atoms with Crippen molar-refractivity contribution in [3.05, 3.63) is 39.8 Å². The van der Waals surface area contributed by atoms with Crippen LogP contribution in [0.3, 0.4) is 0 Å². The molecule has 1 fully saturated rings. The Hall–Kier alpha value is -3.36. The summed E-state index contributed by atoms with van der Waals surface area (Å²) in [5, 5.41) is 45.0. The number of benzene rings is 1. The van der Waals surface area contributed by atoms with Gasteiger partial charge < -0.3 is 40.0 Å². The molecule has 1 aliphatic heterocycles. The third-order valence-electron chi connectivity index (χ3n) is 4.51. The summed E-state index contributed by atoms with van der Waals surface area (Å²) in [7, 11) is 4.94. The zero-order valence-corrected chi connectivity index (χ0v) is 17.1.